The number of carbonyl (C=O) groups is 1. The zero-order valence-corrected chi connectivity index (χ0v) is 16.8. The summed E-state index contributed by atoms with van der Waals surface area (Å²) >= 11 is 17.6. The first-order valence-corrected chi connectivity index (χ1v) is 10.1. The van der Waals surface area contributed by atoms with Crippen molar-refractivity contribution in [3.8, 4) is 11.3 Å². The summed E-state index contributed by atoms with van der Waals surface area (Å²) in [6, 6.07) is 9.04. The van der Waals surface area contributed by atoms with Crippen LogP contribution in [0.3, 0.4) is 0 Å². The van der Waals surface area contributed by atoms with Crippen molar-refractivity contribution in [1.82, 2.24) is 10.2 Å². The molecule has 0 spiro atoms. The molecule has 1 aliphatic carbocycles. The Balaban J connectivity index is 1.56. The molecule has 1 saturated heterocycles. The van der Waals surface area contributed by atoms with Crippen molar-refractivity contribution in [1.29, 1.82) is 0 Å². The minimum atomic E-state index is -0.0885. The van der Waals surface area contributed by atoms with Crippen molar-refractivity contribution < 1.29 is 9.21 Å². The molecule has 1 N–H and O–H groups in total. The van der Waals surface area contributed by atoms with Crippen LogP contribution in [0.4, 0.5) is 0 Å². The van der Waals surface area contributed by atoms with E-state index in [0.717, 1.165) is 31.2 Å². The third-order valence-corrected chi connectivity index (χ3v) is 5.81. The van der Waals surface area contributed by atoms with Crippen molar-refractivity contribution in [3.63, 3.8) is 0 Å². The number of furan rings is 1. The van der Waals surface area contributed by atoms with E-state index in [1.807, 2.05) is 6.07 Å². The van der Waals surface area contributed by atoms with Gasteiger partial charge in [0, 0.05) is 22.7 Å². The zero-order chi connectivity index (χ0) is 19.0. The number of rotatable bonds is 3. The highest BCUT2D eigenvalue weighted by atomic mass is 35.5. The molecule has 0 atom stereocenters. The maximum absolute atomic E-state index is 12.8. The number of hydrogen-bond donors (Lipinski definition) is 1. The lowest BCUT2D eigenvalue weighted by atomic mass is 9.94. The number of nitrogens with one attached hydrogen (secondary N) is 1. The van der Waals surface area contributed by atoms with Crippen molar-refractivity contribution in [2.75, 3.05) is 0 Å². The molecular weight excluding hydrogens is 403 g/mol. The number of hydrogen-bond acceptors (Lipinski definition) is 3. The van der Waals surface area contributed by atoms with Crippen LogP contribution in [0.25, 0.3) is 17.4 Å². The summed E-state index contributed by atoms with van der Waals surface area (Å²) in [5.41, 5.74) is 1.18. The normalized spacial score (nSPS) is 19.8. The van der Waals surface area contributed by atoms with E-state index in [2.05, 4.69) is 5.32 Å². The Morgan fingerprint density at radius 2 is 1.93 bits per heavy atom. The van der Waals surface area contributed by atoms with E-state index >= 15 is 0 Å². The Kier molecular flexibility index (Phi) is 5.26. The van der Waals surface area contributed by atoms with Gasteiger partial charge in [-0.1, -0.05) is 42.5 Å². The van der Waals surface area contributed by atoms with Crippen molar-refractivity contribution in [3.05, 3.63) is 51.8 Å². The third-order valence-electron chi connectivity index (χ3n) is 4.96. The molecule has 4 rings (SSSR count). The Hall–Kier alpha value is -1.82. The zero-order valence-electron chi connectivity index (χ0n) is 14.5. The van der Waals surface area contributed by atoms with Gasteiger partial charge in [0.15, 0.2) is 5.11 Å². The van der Waals surface area contributed by atoms with Gasteiger partial charge in [-0.15, -0.1) is 0 Å². The van der Waals surface area contributed by atoms with Crippen LogP contribution in [-0.4, -0.2) is 22.0 Å². The van der Waals surface area contributed by atoms with Crippen LogP contribution in [0.1, 0.15) is 37.9 Å². The van der Waals surface area contributed by atoms with Gasteiger partial charge in [-0.25, -0.2) is 0 Å². The molecule has 27 heavy (non-hydrogen) atoms. The standard InChI is InChI=1S/C20H18Cl2N2O2S/c21-12-6-8-15(16(22)10-12)18-9-7-14(26-18)11-17-19(25)24(20(27)23-17)13-4-2-1-3-5-13/h6-11,13H,1-5H2,(H,23,27)/b17-11-. The smallest absolute Gasteiger partial charge is 0.276 e. The molecule has 0 radical (unpaired) electrons. The van der Waals surface area contributed by atoms with E-state index in [1.54, 1.807) is 35.2 Å². The van der Waals surface area contributed by atoms with Crippen LogP contribution < -0.4 is 5.32 Å². The second-order valence-corrected chi connectivity index (χ2v) is 8.01. The molecule has 1 saturated carbocycles. The minimum Gasteiger partial charge on any atom is -0.457 e. The van der Waals surface area contributed by atoms with Crippen LogP contribution in [0.2, 0.25) is 10.0 Å². The predicted octanol–water partition coefficient (Wildman–Crippen LogP) is 5.64. The second-order valence-electron chi connectivity index (χ2n) is 6.78. The average molecular weight is 421 g/mol. The highest BCUT2D eigenvalue weighted by Crippen LogP contribution is 2.32. The van der Waals surface area contributed by atoms with Crippen LogP contribution in [0.15, 0.2) is 40.4 Å². The number of benzene rings is 1. The molecule has 1 aromatic heterocycles. The van der Waals surface area contributed by atoms with Crippen LogP contribution in [0.5, 0.6) is 0 Å². The quantitative estimate of drug-likeness (QED) is 0.514. The monoisotopic (exact) mass is 420 g/mol. The number of halogens is 2. The largest absolute Gasteiger partial charge is 0.457 e. The van der Waals surface area contributed by atoms with E-state index in [-0.39, 0.29) is 11.9 Å². The fourth-order valence-corrected chi connectivity index (χ4v) is 4.47. The maximum Gasteiger partial charge on any atom is 0.276 e. The summed E-state index contributed by atoms with van der Waals surface area (Å²) in [5, 5.41) is 4.58. The molecule has 4 nitrogen and oxygen atoms in total. The summed E-state index contributed by atoms with van der Waals surface area (Å²) < 4.78 is 5.86. The first-order chi connectivity index (χ1) is 13.0. The SMILES string of the molecule is O=C1/C(=C/c2ccc(-c3ccc(Cl)cc3Cl)o2)NC(=S)N1C1CCCCC1. The molecule has 140 valence electrons. The molecule has 0 unspecified atom stereocenters. The molecule has 2 aliphatic rings. The predicted molar refractivity (Wildman–Crippen MR) is 112 cm³/mol. The molecule has 2 aromatic rings. The van der Waals surface area contributed by atoms with E-state index in [4.69, 9.17) is 39.8 Å². The Morgan fingerprint density at radius 1 is 1.15 bits per heavy atom. The molecule has 1 aliphatic heterocycles. The van der Waals surface area contributed by atoms with Crippen molar-refractivity contribution >= 4 is 52.5 Å². The Bertz CT molecular complexity index is 932. The lowest BCUT2D eigenvalue weighted by molar-refractivity contribution is -0.124. The van der Waals surface area contributed by atoms with Gasteiger partial charge in [-0.2, -0.15) is 0 Å². The van der Waals surface area contributed by atoms with Crippen LogP contribution in [0, 0.1) is 0 Å². The lowest BCUT2D eigenvalue weighted by Crippen LogP contribution is -2.41. The highest BCUT2D eigenvalue weighted by molar-refractivity contribution is 7.80. The van der Waals surface area contributed by atoms with Gasteiger partial charge in [0.25, 0.3) is 5.91 Å². The fourth-order valence-electron chi connectivity index (χ4n) is 3.63. The van der Waals surface area contributed by atoms with Crippen molar-refractivity contribution in [2.24, 2.45) is 0 Å². The van der Waals surface area contributed by atoms with Gasteiger partial charge in [-0.05, 0) is 55.4 Å². The van der Waals surface area contributed by atoms with E-state index in [0.29, 0.717) is 32.4 Å². The number of nitrogens with zero attached hydrogens (tertiary/aromatic N) is 1. The van der Waals surface area contributed by atoms with E-state index in [9.17, 15) is 4.79 Å². The fraction of sp³-hybridized carbons (Fsp3) is 0.300. The average Bonchev–Trinajstić information content (AvgIpc) is 3.21. The molecule has 1 amide bonds. The topological polar surface area (TPSA) is 45.5 Å². The summed E-state index contributed by atoms with van der Waals surface area (Å²) in [6.45, 7) is 0. The minimum absolute atomic E-state index is 0.0885. The van der Waals surface area contributed by atoms with Gasteiger partial charge in [-0.3, -0.25) is 9.69 Å². The number of thiocarbonyl (C=S) groups is 1. The summed E-state index contributed by atoms with van der Waals surface area (Å²) in [7, 11) is 0. The molecule has 2 heterocycles. The maximum atomic E-state index is 12.8. The lowest BCUT2D eigenvalue weighted by Gasteiger charge is -2.29. The van der Waals surface area contributed by atoms with Gasteiger partial charge >= 0.3 is 0 Å². The van der Waals surface area contributed by atoms with E-state index < -0.39 is 0 Å². The molecule has 0 bridgehead atoms. The van der Waals surface area contributed by atoms with Crippen LogP contribution >= 0.6 is 35.4 Å². The molecule has 2 fully saturated rings. The van der Waals surface area contributed by atoms with Gasteiger partial charge in [0.2, 0.25) is 0 Å². The van der Waals surface area contributed by atoms with Crippen molar-refractivity contribution in [2.45, 2.75) is 38.1 Å². The van der Waals surface area contributed by atoms with Gasteiger partial charge in [0.1, 0.15) is 17.2 Å². The number of amides is 1. The molecule has 7 heteroatoms. The van der Waals surface area contributed by atoms with Gasteiger partial charge < -0.3 is 9.73 Å². The second kappa shape index (κ2) is 7.66. The summed E-state index contributed by atoms with van der Waals surface area (Å²) in [5.74, 6) is 1.08. The number of carbonyl (C=O) groups excluding carboxylic acids is 1. The first-order valence-electron chi connectivity index (χ1n) is 8.94. The Morgan fingerprint density at radius 3 is 2.67 bits per heavy atom. The van der Waals surface area contributed by atoms with Crippen LogP contribution in [-0.2, 0) is 4.79 Å². The Labute approximate surface area is 173 Å². The summed E-state index contributed by atoms with van der Waals surface area (Å²) in [4.78, 5) is 14.5. The summed E-state index contributed by atoms with van der Waals surface area (Å²) in [6.07, 6.45) is 7.19. The first kappa shape index (κ1) is 18.5. The van der Waals surface area contributed by atoms with Gasteiger partial charge in [0.05, 0.1) is 5.02 Å². The molecular formula is C20H18Cl2N2O2S. The van der Waals surface area contributed by atoms with E-state index in [1.165, 1.54) is 6.42 Å². The third kappa shape index (κ3) is 3.77. The molecule has 1 aromatic carbocycles. The highest BCUT2D eigenvalue weighted by Gasteiger charge is 2.36.